The molecule has 1 aliphatic heterocycles. The van der Waals surface area contributed by atoms with Crippen LogP contribution in [0.1, 0.15) is 11.6 Å². The summed E-state index contributed by atoms with van der Waals surface area (Å²) in [5.74, 6) is -1.16. The maximum absolute atomic E-state index is 13.3. The molecule has 7 nitrogen and oxygen atoms in total. The second-order valence-corrected chi connectivity index (χ2v) is 6.61. The first kappa shape index (κ1) is 20.8. The van der Waals surface area contributed by atoms with Crippen LogP contribution in [0.25, 0.3) is 0 Å². The molecule has 2 aromatic rings. The lowest BCUT2D eigenvalue weighted by Crippen LogP contribution is -2.45. The Morgan fingerprint density at radius 1 is 1.07 bits per heavy atom. The van der Waals surface area contributed by atoms with Crippen molar-refractivity contribution in [2.24, 2.45) is 0 Å². The standard InChI is InChI=1S/C21H24FN3O4/c1-28-18-8-6-17(7-9-18)24-21(27)20(26)23-14-19(25-10-12-29-13-11-25)15-2-4-16(22)5-3-15/h2-9,19H,10-14H2,1H3,(H,23,26)(H,24,27)/t19-/m1/s1. The molecule has 0 aromatic heterocycles. The molecule has 29 heavy (non-hydrogen) atoms. The highest BCUT2D eigenvalue weighted by atomic mass is 19.1. The van der Waals surface area contributed by atoms with Gasteiger partial charge in [0.25, 0.3) is 0 Å². The Morgan fingerprint density at radius 2 is 1.72 bits per heavy atom. The van der Waals surface area contributed by atoms with Gasteiger partial charge in [0.2, 0.25) is 0 Å². The molecule has 2 aromatic carbocycles. The Kier molecular flexibility index (Phi) is 7.15. The third kappa shape index (κ3) is 5.75. The fourth-order valence-electron chi connectivity index (χ4n) is 3.16. The molecule has 0 bridgehead atoms. The average molecular weight is 401 g/mol. The van der Waals surface area contributed by atoms with E-state index < -0.39 is 11.8 Å². The molecule has 1 aliphatic rings. The number of nitrogens with zero attached hydrogens (tertiary/aromatic N) is 1. The molecule has 0 saturated carbocycles. The zero-order valence-corrected chi connectivity index (χ0v) is 16.2. The zero-order valence-electron chi connectivity index (χ0n) is 16.2. The maximum atomic E-state index is 13.3. The highest BCUT2D eigenvalue weighted by molar-refractivity contribution is 6.39. The molecule has 0 spiro atoms. The first-order valence-corrected chi connectivity index (χ1v) is 9.37. The van der Waals surface area contributed by atoms with Crippen molar-refractivity contribution in [3.05, 3.63) is 59.9 Å². The molecule has 2 amide bonds. The molecule has 8 heteroatoms. The minimum atomic E-state index is -0.755. The van der Waals surface area contributed by atoms with Gasteiger partial charge < -0.3 is 20.1 Å². The summed E-state index contributed by atoms with van der Waals surface area (Å²) < 4.78 is 23.8. The van der Waals surface area contributed by atoms with E-state index in [9.17, 15) is 14.0 Å². The van der Waals surface area contributed by atoms with Crippen LogP contribution >= 0.6 is 0 Å². The molecule has 1 heterocycles. The number of morpholine rings is 1. The van der Waals surface area contributed by atoms with Crippen LogP contribution in [0.4, 0.5) is 10.1 Å². The number of methoxy groups -OCH3 is 1. The highest BCUT2D eigenvalue weighted by Gasteiger charge is 2.24. The molecule has 3 rings (SSSR count). The number of halogens is 1. The molecule has 0 radical (unpaired) electrons. The van der Waals surface area contributed by atoms with Crippen LogP contribution in [0.2, 0.25) is 0 Å². The first-order chi connectivity index (χ1) is 14.1. The summed E-state index contributed by atoms with van der Waals surface area (Å²) in [5, 5.41) is 5.24. The van der Waals surface area contributed by atoms with Gasteiger partial charge >= 0.3 is 11.8 Å². The Balaban J connectivity index is 1.61. The summed E-state index contributed by atoms with van der Waals surface area (Å²) in [4.78, 5) is 26.6. The molecular formula is C21H24FN3O4. The van der Waals surface area contributed by atoms with Crippen LogP contribution in [0, 0.1) is 5.82 Å². The van der Waals surface area contributed by atoms with Crippen molar-refractivity contribution in [3.63, 3.8) is 0 Å². The number of carbonyl (C=O) groups excluding carboxylic acids is 2. The lowest BCUT2D eigenvalue weighted by molar-refractivity contribution is -0.136. The Bertz CT molecular complexity index is 821. The van der Waals surface area contributed by atoms with Crippen LogP contribution < -0.4 is 15.4 Å². The minimum absolute atomic E-state index is 0.183. The summed E-state index contributed by atoms with van der Waals surface area (Å²) in [6.07, 6.45) is 0. The van der Waals surface area contributed by atoms with E-state index in [1.54, 1.807) is 43.5 Å². The van der Waals surface area contributed by atoms with Crippen LogP contribution in [-0.2, 0) is 14.3 Å². The van der Waals surface area contributed by atoms with E-state index >= 15 is 0 Å². The Hall–Kier alpha value is -2.97. The van der Waals surface area contributed by atoms with Crippen molar-refractivity contribution < 1.29 is 23.5 Å². The van der Waals surface area contributed by atoms with Crippen molar-refractivity contribution in [3.8, 4) is 5.75 Å². The van der Waals surface area contributed by atoms with E-state index in [1.807, 2.05) is 0 Å². The molecular weight excluding hydrogens is 377 g/mol. The van der Waals surface area contributed by atoms with Crippen molar-refractivity contribution in [1.29, 1.82) is 0 Å². The molecule has 0 unspecified atom stereocenters. The lowest BCUT2D eigenvalue weighted by atomic mass is 10.0. The predicted molar refractivity (Wildman–Crippen MR) is 106 cm³/mol. The fourth-order valence-corrected chi connectivity index (χ4v) is 3.16. The first-order valence-electron chi connectivity index (χ1n) is 9.37. The minimum Gasteiger partial charge on any atom is -0.497 e. The van der Waals surface area contributed by atoms with Gasteiger partial charge in [-0.15, -0.1) is 0 Å². The Labute approximate surface area is 168 Å². The number of benzene rings is 2. The zero-order chi connectivity index (χ0) is 20.6. The highest BCUT2D eigenvalue weighted by Crippen LogP contribution is 2.22. The van der Waals surface area contributed by atoms with E-state index in [4.69, 9.17) is 9.47 Å². The second kappa shape index (κ2) is 9.99. The van der Waals surface area contributed by atoms with Crippen LogP contribution in [-0.4, -0.2) is 56.7 Å². The van der Waals surface area contributed by atoms with Crippen molar-refractivity contribution in [2.75, 3.05) is 45.3 Å². The van der Waals surface area contributed by atoms with Crippen LogP contribution in [0.3, 0.4) is 0 Å². The number of rotatable bonds is 6. The number of hydrogen-bond acceptors (Lipinski definition) is 5. The van der Waals surface area contributed by atoms with Gasteiger partial charge in [-0.3, -0.25) is 14.5 Å². The van der Waals surface area contributed by atoms with E-state index in [2.05, 4.69) is 15.5 Å². The molecule has 1 fully saturated rings. The molecule has 1 saturated heterocycles. The van der Waals surface area contributed by atoms with Gasteiger partial charge in [0.15, 0.2) is 0 Å². The van der Waals surface area contributed by atoms with Gasteiger partial charge in [-0.25, -0.2) is 4.39 Å². The normalized spacial score (nSPS) is 15.4. The SMILES string of the molecule is COc1ccc(NC(=O)C(=O)NC[C@H](c2ccc(F)cc2)N2CCOCC2)cc1. The monoisotopic (exact) mass is 401 g/mol. The van der Waals surface area contributed by atoms with Crippen LogP contribution in [0.15, 0.2) is 48.5 Å². The van der Waals surface area contributed by atoms with Gasteiger partial charge in [0.05, 0.1) is 26.4 Å². The van der Waals surface area contributed by atoms with Gasteiger partial charge in [-0.2, -0.15) is 0 Å². The van der Waals surface area contributed by atoms with Gasteiger partial charge in [-0.05, 0) is 42.0 Å². The molecule has 0 aliphatic carbocycles. The lowest BCUT2D eigenvalue weighted by Gasteiger charge is -2.34. The van der Waals surface area contributed by atoms with Crippen molar-refractivity contribution in [1.82, 2.24) is 10.2 Å². The number of amides is 2. The van der Waals surface area contributed by atoms with Crippen molar-refractivity contribution >= 4 is 17.5 Å². The molecule has 2 N–H and O–H groups in total. The summed E-state index contributed by atoms with van der Waals surface area (Å²) in [7, 11) is 1.55. The third-order valence-corrected chi connectivity index (χ3v) is 4.75. The van der Waals surface area contributed by atoms with Crippen LogP contribution in [0.5, 0.6) is 5.75 Å². The summed E-state index contributed by atoms with van der Waals surface area (Å²) in [6, 6.07) is 12.7. The summed E-state index contributed by atoms with van der Waals surface area (Å²) >= 11 is 0. The van der Waals surface area contributed by atoms with Gasteiger partial charge in [0, 0.05) is 25.3 Å². The summed E-state index contributed by atoms with van der Waals surface area (Å²) in [5.41, 5.74) is 1.36. The quantitative estimate of drug-likeness (QED) is 0.724. The largest absolute Gasteiger partial charge is 0.497 e. The number of ether oxygens (including phenoxy) is 2. The molecule has 1 atom stereocenters. The average Bonchev–Trinajstić information content (AvgIpc) is 2.76. The maximum Gasteiger partial charge on any atom is 0.313 e. The Morgan fingerprint density at radius 3 is 2.34 bits per heavy atom. The third-order valence-electron chi connectivity index (χ3n) is 4.75. The number of nitrogens with one attached hydrogen (secondary N) is 2. The van der Waals surface area contributed by atoms with E-state index in [0.717, 1.165) is 5.56 Å². The number of carbonyl (C=O) groups is 2. The van der Waals surface area contributed by atoms with Gasteiger partial charge in [-0.1, -0.05) is 12.1 Å². The fraction of sp³-hybridized carbons (Fsp3) is 0.333. The summed E-state index contributed by atoms with van der Waals surface area (Å²) in [6.45, 7) is 2.78. The molecule has 154 valence electrons. The van der Waals surface area contributed by atoms with Crippen molar-refractivity contribution in [2.45, 2.75) is 6.04 Å². The number of hydrogen-bond donors (Lipinski definition) is 2. The van der Waals surface area contributed by atoms with E-state index in [0.29, 0.717) is 37.7 Å². The van der Waals surface area contributed by atoms with E-state index in [-0.39, 0.29) is 18.4 Å². The predicted octanol–water partition coefficient (Wildman–Crippen LogP) is 1.96. The van der Waals surface area contributed by atoms with Gasteiger partial charge in [0.1, 0.15) is 11.6 Å². The topological polar surface area (TPSA) is 79.9 Å². The smallest absolute Gasteiger partial charge is 0.313 e. The van der Waals surface area contributed by atoms with E-state index in [1.165, 1.54) is 12.1 Å². The number of anilines is 1. The second-order valence-electron chi connectivity index (χ2n) is 6.61.